The number of hydrogen-bond donors (Lipinski definition) is 1. The van der Waals surface area contributed by atoms with Crippen LogP contribution in [0.5, 0.6) is 0 Å². The molecule has 136 valence electrons. The first-order valence-corrected chi connectivity index (χ1v) is 9.88. The van der Waals surface area contributed by atoms with E-state index in [0.29, 0.717) is 36.1 Å². The van der Waals surface area contributed by atoms with Crippen molar-refractivity contribution in [3.8, 4) is 0 Å². The van der Waals surface area contributed by atoms with E-state index in [2.05, 4.69) is 4.98 Å². The van der Waals surface area contributed by atoms with Crippen molar-refractivity contribution in [2.45, 2.75) is 77.8 Å². The van der Waals surface area contributed by atoms with Crippen LogP contribution in [0.15, 0.2) is 9.59 Å². The molecule has 2 aliphatic carbocycles. The van der Waals surface area contributed by atoms with Gasteiger partial charge in [-0.05, 0) is 43.9 Å². The highest BCUT2D eigenvalue weighted by molar-refractivity contribution is 5.70. The third kappa shape index (κ3) is 2.57. The number of aromatic nitrogens is 4. The molecular formula is C19H28N4O2. The van der Waals surface area contributed by atoms with Gasteiger partial charge in [0.2, 0.25) is 0 Å². The lowest BCUT2D eigenvalue weighted by Gasteiger charge is -2.15. The lowest BCUT2D eigenvalue weighted by molar-refractivity contribution is 0.414. The van der Waals surface area contributed by atoms with E-state index in [-0.39, 0.29) is 11.2 Å². The van der Waals surface area contributed by atoms with Crippen LogP contribution in [0.4, 0.5) is 0 Å². The highest BCUT2D eigenvalue weighted by atomic mass is 16.2. The lowest BCUT2D eigenvalue weighted by Crippen LogP contribution is -2.40. The molecular weight excluding hydrogens is 316 g/mol. The fraction of sp³-hybridized carbons (Fsp3) is 0.737. The molecule has 2 aliphatic rings. The maximum atomic E-state index is 12.8. The van der Waals surface area contributed by atoms with Gasteiger partial charge in [-0.2, -0.15) is 0 Å². The zero-order valence-electron chi connectivity index (χ0n) is 15.3. The van der Waals surface area contributed by atoms with Crippen molar-refractivity contribution in [2.24, 2.45) is 11.8 Å². The molecule has 3 atom stereocenters. The molecule has 0 radical (unpaired) electrons. The molecule has 2 aromatic rings. The van der Waals surface area contributed by atoms with E-state index in [1.54, 1.807) is 4.57 Å². The summed E-state index contributed by atoms with van der Waals surface area (Å²) in [6.45, 7) is 5.08. The third-order valence-corrected chi connectivity index (χ3v) is 6.21. The minimum Gasteiger partial charge on any atom is -0.336 e. The van der Waals surface area contributed by atoms with E-state index < -0.39 is 0 Å². The number of H-pyrrole nitrogens is 1. The van der Waals surface area contributed by atoms with Crippen molar-refractivity contribution in [3.63, 3.8) is 0 Å². The summed E-state index contributed by atoms with van der Waals surface area (Å²) in [5.74, 6) is 2.88. The van der Waals surface area contributed by atoms with Crippen molar-refractivity contribution in [3.05, 3.63) is 26.7 Å². The van der Waals surface area contributed by atoms with Crippen LogP contribution < -0.4 is 11.2 Å². The predicted octanol–water partition coefficient (Wildman–Crippen LogP) is 3.00. The molecule has 0 saturated heterocycles. The van der Waals surface area contributed by atoms with Crippen LogP contribution in [0.3, 0.4) is 0 Å². The number of aromatic amines is 1. The normalized spacial score (nSPS) is 25.8. The van der Waals surface area contributed by atoms with E-state index in [9.17, 15) is 9.59 Å². The largest absolute Gasteiger partial charge is 0.336 e. The minimum absolute atomic E-state index is 0.214. The number of hydrogen-bond acceptors (Lipinski definition) is 3. The maximum Gasteiger partial charge on any atom is 0.332 e. The van der Waals surface area contributed by atoms with Crippen LogP contribution >= 0.6 is 0 Å². The topological polar surface area (TPSA) is 72.7 Å². The minimum atomic E-state index is -0.218. The molecule has 4 rings (SSSR count). The molecule has 1 N–H and O–H groups in total. The van der Waals surface area contributed by atoms with Crippen LogP contribution in [-0.4, -0.2) is 19.1 Å². The highest BCUT2D eigenvalue weighted by Crippen LogP contribution is 2.51. The molecule has 2 saturated carbocycles. The van der Waals surface area contributed by atoms with Gasteiger partial charge in [-0.3, -0.25) is 13.9 Å². The van der Waals surface area contributed by atoms with Gasteiger partial charge in [-0.25, -0.2) is 9.78 Å². The summed E-state index contributed by atoms with van der Waals surface area (Å²) in [7, 11) is 0. The van der Waals surface area contributed by atoms with Gasteiger partial charge in [-0.1, -0.05) is 26.7 Å². The van der Waals surface area contributed by atoms with Crippen LogP contribution in [0.1, 0.15) is 70.5 Å². The molecule has 2 aromatic heterocycles. The summed E-state index contributed by atoms with van der Waals surface area (Å²) in [5, 5.41) is 0. The average molecular weight is 344 g/mol. The van der Waals surface area contributed by atoms with Gasteiger partial charge in [0.25, 0.3) is 5.56 Å². The summed E-state index contributed by atoms with van der Waals surface area (Å²) in [6.07, 6.45) is 7.95. The summed E-state index contributed by atoms with van der Waals surface area (Å²) in [6, 6.07) is 0. The van der Waals surface area contributed by atoms with Crippen molar-refractivity contribution in [1.29, 1.82) is 0 Å². The molecule has 0 unspecified atom stereocenters. The Kier molecular flexibility index (Phi) is 4.29. The Morgan fingerprint density at radius 2 is 1.80 bits per heavy atom. The molecule has 2 fully saturated rings. The molecule has 2 heterocycles. The SMILES string of the molecule is CCCn1c(=O)c2[nH]c([C@H]3CC[C@H]4CCC[C@H]43)nc2n(CCC)c1=O. The molecule has 6 heteroatoms. The Bertz CT molecular complexity index is 891. The molecule has 0 aliphatic heterocycles. The van der Waals surface area contributed by atoms with E-state index in [0.717, 1.165) is 31.0 Å². The Hall–Kier alpha value is -1.85. The number of aryl methyl sites for hydroxylation is 1. The van der Waals surface area contributed by atoms with E-state index >= 15 is 0 Å². The second-order valence-corrected chi connectivity index (χ2v) is 7.75. The molecule has 25 heavy (non-hydrogen) atoms. The summed E-state index contributed by atoms with van der Waals surface area (Å²) in [4.78, 5) is 33.7. The molecule has 0 bridgehead atoms. The van der Waals surface area contributed by atoms with E-state index in [4.69, 9.17) is 4.98 Å². The molecule has 6 nitrogen and oxygen atoms in total. The van der Waals surface area contributed by atoms with Crippen LogP contribution in [0.2, 0.25) is 0 Å². The maximum absolute atomic E-state index is 12.8. The zero-order valence-corrected chi connectivity index (χ0v) is 15.3. The summed E-state index contributed by atoms with van der Waals surface area (Å²) < 4.78 is 3.06. The molecule has 0 amide bonds. The average Bonchev–Trinajstić information content (AvgIpc) is 3.29. The zero-order chi connectivity index (χ0) is 17.6. The smallest absolute Gasteiger partial charge is 0.332 e. The Morgan fingerprint density at radius 3 is 2.56 bits per heavy atom. The van der Waals surface area contributed by atoms with Crippen molar-refractivity contribution < 1.29 is 0 Å². The number of fused-ring (bicyclic) bond motifs is 2. The van der Waals surface area contributed by atoms with Crippen LogP contribution in [-0.2, 0) is 13.1 Å². The Morgan fingerprint density at radius 1 is 1.04 bits per heavy atom. The van der Waals surface area contributed by atoms with Gasteiger partial charge < -0.3 is 4.98 Å². The number of rotatable bonds is 5. The predicted molar refractivity (Wildman–Crippen MR) is 98.0 cm³/mol. The second-order valence-electron chi connectivity index (χ2n) is 7.75. The van der Waals surface area contributed by atoms with Crippen molar-refractivity contribution in [1.82, 2.24) is 19.1 Å². The number of imidazole rings is 1. The number of nitrogens with one attached hydrogen (secondary N) is 1. The Labute approximate surface area is 147 Å². The summed E-state index contributed by atoms with van der Waals surface area (Å²) >= 11 is 0. The van der Waals surface area contributed by atoms with Gasteiger partial charge in [-0.15, -0.1) is 0 Å². The fourth-order valence-electron chi connectivity index (χ4n) is 5.11. The second kappa shape index (κ2) is 6.46. The van der Waals surface area contributed by atoms with Crippen molar-refractivity contribution in [2.75, 3.05) is 0 Å². The van der Waals surface area contributed by atoms with Crippen LogP contribution in [0, 0.1) is 11.8 Å². The number of nitrogens with zero attached hydrogens (tertiary/aromatic N) is 3. The Balaban J connectivity index is 1.87. The highest BCUT2D eigenvalue weighted by Gasteiger charge is 2.41. The van der Waals surface area contributed by atoms with Gasteiger partial charge in [0.15, 0.2) is 5.65 Å². The van der Waals surface area contributed by atoms with Crippen molar-refractivity contribution >= 4 is 11.2 Å². The van der Waals surface area contributed by atoms with Gasteiger partial charge in [0.1, 0.15) is 11.3 Å². The van der Waals surface area contributed by atoms with Gasteiger partial charge in [0, 0.05) is 19.0 Å². The first-order valence-electron chi connectivity index (χ1n) is 9.88. The lowest BCUT2D eigenvalue weighted by atomic mass is 9.91. The first-order chi connectivity index (χ1) is 12.2. The van der Waals surface area contributed by atoms with Gasteiger partial charge >= 0.3 is 5.69 Å². The monoisotopic (exact) mass is 344 g/mol. The van der Waals surface area contributed by atoms with Crippen LogP contribution in [0.25, 0.3) is 11.2 Å². The summed E-state index contributed by atoms with van der Waals surface area (Å²) in [5.41, 5.74) is 0.636. The quantitative estimate of drug-likeness (QED) is 0.906. The molecule has 0 aromatic carbocycles. The molecule has 0 spiro atoms. The van der Waals surface area contributed by atoms with Gasteiger partial charge in [0.05, 0.1) is 0 Å². The van der Waals surface area contributed by atoms with E-state index in [1.165, 1.54) is 30.3 Å². The first kappa shape index (κ1) is 16.6. The third-order valence-electron chi connectivity index (χ3n) is 6.21. The fourth-order valence-corrected chi connectivity index (χ4v) is 5.11. The standard InChI is InChI=1S/C19H28N4O2/c1-3-10-22-17-15(18(24)23(11-4-2)19(22)25)20-16(21-17)14-9-8-12-6-5-7-13(12)14/h12-14H,3-11H2,1-2H3,(H,20,21)/t12-,13-,14+/m1/s1. The van der Waals surface area contributed by atoms with E-state index in [1.807, 2.05) is 13.8 Å².